The minimum absolute atomic E-state index is 0.00395. The first-order chi connectivity index (χ1) is 17.8. The van der Waals surface area contributed by atoms with Crippen molar-refractivity contribution < 1.29 is 23.8 Å². The van der Waals surface area contributed by atoms with Gasteiger partial charge in [-0.2, -0.15) is 9.78 Å². The summed E-state index contributed by atoms with van der Waals surface area (Å²) in [6.45, 7) is 0. The molecule has 0 aliphatic heterocycles. The third-order valence-corrected chi connectivity index (χ3v) is 5.82. The predicted molar refractivity (Wildman–Crippen MR) is 131 cm³/mol. The smallest absolute Gasteiger partial charge is 0.349 e. The van der Waals surface area contributed by atoms with Gasteiger partial charge in [0.1, 0.15) is 23.2 Å². The van der Waals surface area contributed by atoms with E-state index >= 15 is 4.39 Å². The van der Waals surface area contributed by atoms with E-state index in [4.69, 9.17) is 15.2 Å². The van der Waals surface area contributed by atoms with Crippen LogP contribution in [0.15, 0.2) is 47.5 Å². The van der Waals surface area contributed by atoms with Crippen molar-refractivity contribution in [1.82, 2.24) is 29.9 Å². The van der Waals surface area contributed by atoms with Crippen LogP contribution in [0.1, 0.15) is 27.8 Å². The number of halogens is 1. The molecule has 0 saturated carbocycles. The Morgan fingerprint density at radius 1 is 1.22 bits per heavy atom. The Morgan fingerprint density at radius 3 is 2.70 bits per heavy atom. The average molecular weight is 508 g/mol. The van der Waals surface area contributed by atoms with Crippen LogP contribution in [-0.2, 0) is 0 Å². The average Bonchev–Trinajstić information content (AvgIpc) is 3.61. The molecule has 7 N–H and O–H groups in total. The molecule has 0 spiro atoms. The Labute approximate surface area is 207 Å². The van der Waals surface area contributed by atoms with E-state index in [1.54, 1.807) is 24.4 Å². The normalized spacial score (nSPS) is 12.0. The first kappa shape index (κ1) is 23.5. The molecule has 37 heavy (non-hydrogen) atoms. The second-order valence-corrected chi connectivity index (χ2v) is 7.98. The van der Waals surface area contributed by atoms with E-state index in [1.165, 1.54) is 20.3 Å². The van der Waals surface area contributed by atoms with Gasteiger partial charge in [0.05, 0.1) is 20.4 Å². The number of aromatic amines is 3. The third-order valence-electron chi connectivity index (χ3n) is 5.82. The summed E-state index contributed by atoms with van der Waals surface area (Å²) in [5, 5.41) is 24.6. The topological polar surface area (TPSA) is 189 Å². The summed E-state index contributed by atoms with van der Waals surface area (Å²) in [5.74, 6) is -1.20. The Balaban J connectivity index is 1.65. The number of fused-ring (bicyclic) bond motifs is 1. The Hall–Kier alpha value is -5.27. The van der Waals surface area contributed by atoms with Crippen molar-refractivity contribution in [2.24, 2.45) is 0 Å². The molecule has 14 heteroatoms. The molecule has 1 atom stereocenters. The molecule has 0 amide bonds. The van der Waals surface area contributed by atoms with E-state index in [-0.39, 0.29) is 34.3 Å². The third kappa shape index (κ3) is 4.09. The number of carboxylic acid groups (broad SMARTS) is 1. The molecule has 0 fully saturated rings. The van der Waals surface area contributed by atoms with Crippen molar-refractivity contribution in [3.63, 3.8) is 0 Å². The minimum Gasteiger partial charge on any atom is -0.493 e. The highest BCUT2D eigenvalue weighted by molar-refractivity contribution is 5.94. The van der Waals surface area contributed by atoms with Gasteiger partial charge in [-0.25, -0.2) is 14.0 Å². The van der Waals surface area contributed by atoms with Crippen molar-refractivity contribution in [2.75, 3.05) is 25.3 Å². The number of aromatic nitrogens is 6. The lowest BCUT2D eigenvalue weighted by atomic mass is 10.0. The zero-order valence-corrected chi connectivity index (χ0v) is 19.5. The fourth-order valence-electron chi connectivity index (χ4n) is 4.02. The molecule has 5 aromatic rings. The van der Waals surface area contributed by atoms with Crippen molar-refractivity contribution >= 4 is 28.2 Å². The largest absolute Gasteiger partial charge is 0.493 e. The molecule has 190 valence electrons. The molecule has 0 saturated heterocycles. The molecule has 3 heterocycles. The Morgan fingerprint density at radius 2 is 1.97 bits per heavy atom. The number of H-pyrrole nitrogens is 3. The highest BCUT2D eigenvalue weighted by atomic mass is 19.1. The molecular formula is C23H21FN8O5. The number of rotatable bonds is 8. The molecule has 2 aromatic carbocycles. The van der Waals surface area contributed by atoms with Crippen LogP contribution in [0, 0.1) is 5.82 Å². The number of nitrogen functional groups attached to an aromatic ring is 1. The van der Waals surface area contributed by atoms with Gasteiger partial charge in [0.15, 0.2) is 23.1 Å². The molecule has 3 aromatic heterocycles. The van der Waals surface area contributed by atoms with Gasteiger partial charge >= 0.3 is 11.7 Å². The van der Waals surface area contributed by atoms with E-state index in [9.17, 15) is 14.7 Å². The summed E-state index contributed by atoms with van der Waals surface area (Å²) >= 11 is 0. The number of carbonyl (C=O) groups is 1. The number of nitrogens with zero attached hydrogens (tertiary/aromatic N) is 3. The summed E-state index contributed by atoms with van der Waals surface area (Å²) < 4.78 is 26.7. The second-order valence-electron chi connectivity index (χ2n) is 7.98. The monoisotopic (exact) mass is 508 g/mol. The van der Waals surface area contributed by atoms with Gasteiger partial charge in [-0.3, -0.25) is 10.1 Å². The maximum absolute atomic E-state index is 15.4. The van der Waals surface area contributed by atoms with Gasteiger partial charge < -0.3 is 30.6 Å². The molecule has 0 aliphatic rings. The number of aromatic carboxylic acids is 1. The van der Waals surface area contributed by atoms with Crippen molar-refractivity contribution in [3.8, 4) is 17.3 Å². The number of hydrogen-bond donors (Lipinski definition) is 6. The van der Waals surface area contributed by atoms with E-state index < -0.39 is 23.5 Å². The number of nitrogens with one attached hydrogen (secondary N) is 4. The van der Waals surface area contributed by atoms with Gasteiger partial charge in [0, 0.05) is 34.3 Å². The van der Waals surface area contributed by atoms with E-state index in [0.29, 0.717) is 11.5 Å². The standard InChI is InChI=1S/C23H21FN8O5/c1-36-16-6-13(15(24)7-17(16)37-2)18(28-11-3-4-12-10(5-11)8-26-19(12)25)20-29-23(35)32(31-20)21-14(22(33)34)9-27-30-21/h3-9,18,26,28H,25H2,1-2H3,(H,27,30)(H,33,34)(H,29,31,35). The number of ether oxygens (including phenoxy) is 2. The van der Waals surface area contributed by atoms with Gasteiger partial charge in [0.2, 0.25) is 0 Å². The van der Waals surface area contributed by atoms with Crippen LogP contribution in [-0.4, -0.2) is 55.2 Å². The highest BCUT2D eigenvalue weighted by Crippen LogP contribution is 2.36. The van der Waals surface area contributed by atoms with E-state index in [2.05, 4.69) is 30.6 Å². The van der Waals surface area contributed by atoms with Crippen molar-refractivity contribution in [3.05, 3.63) is 76.0 Å². The van der Waals surface area contributed by atoms with Gasteiger partial charge in [-0.05, 0) is 24.3 Å². The number of anilines is 2. The quantitative estimate of drug-likeness (QED) is 0.183. The van der Waals surface area contributed by atoms with Crippen LogP contribution in [0.2, 0.25) is 0 Å². The summed E-state index contributed by atoms with van der Waals surface area (Å²) in [4.78, 5) is 29.9. The lowest BCUT2D eigenvalue weighted by molar-refractivity contribution is 0.0696. The Kier molecular flexibility index (Phi) is 5.75. The minimum atomic E-state index is -1.31. The maximum atomic E-state index is 15.4. The number of methoxy groups -OCH3 is 2. The molecule has 0 aliphatic carbocycles. The molecule has 0 bridgehead atoms. The van der Waals surface area contributed by atoms with Crippen LogP contribution in [0.4, 0.5) is 15.9 Å². The zero-order chi connectivity index (χ0) is 26.3. The van der Waals surface area contributed by atoms with Crippen LogP contribution in [0.3, 0.4) is 0 Å². The lowest BCUT2D eigenvalue weighted by Gasteiger charge is -2.20. The van der Waals surface area contributed by atoms with E-state index in [1.807, 2.05) is 0 Å². The fraction of sp³-hybridized carbons (Fsp3) is 0.130. The molecular weight excluding hydrogens is 487 g/mol. The van der Waals surface area contributed by atoms with Crippen LogP contribution >= 0.6 is 0 Å². The number of benzene rings is 2. The van der Waals surface area contributed by atoms with Gasteiger partial charge in [0.25, 0.3) is 0 Å². The molecule has 1 unspecified atom stereocenters. The SMILES string of the molecule is COc1cc(F)c(C(Nc2ccc3c(N)[nH]cc3c2)c2nn(-c3[nH]ncc3C(=O)O)c(=O)[nH]2)cc1OC. The van der Waals surface area contributed by atoms with Crippen LogP contribution in [0.5, 0.6) is 11.5 Å². The first-order valence-corrected chi connectivity index (χ1v) is 10.8. The zero-order valence-electron chi connectivity index (χ0n) is 19.5. The number of nitrogens with two attached hydrogens (primary N) is 1. The van der Waals surface area contributed by atoms with Crippen LogP contribution < -0.4 is 26.2 Å². The Bertz CT molecular complexity index is 1680. The molecule has 0 radical (unpaired) electrons. The molecule has 5 rings (SSSR count). The maximum Gasteiger partial charge on any atom is 0.349 e. The highest BCUT2D eigenvalue weighted by Gasteiger charge is 2.27. The van der Waals surface area contributed by atoms with Crippen LogP contribution in [0.25, 0.3) is 16.6 Å². The number of hydrogen-bond acceptors (Lipinski definition) is 8. The van der Waals surface area contributed by atoms with Crippen molar-refractivity contribution in [2.45, 2.75) is 6.04 Å². The second kappa shape index (κ2) is 9.07. The first-order valence-electron chi connectivity index (χ1n) is 10.8. The summed E-state index contributed by atoms with van der Waals surface area (Å²) in [5.41, 5.74) is 5.55. The van der Waals surface area contributed by atoms with Crippen molar-refractivity contribution in [1.29, 1.82) is 0 Å². The van der Waals surface area contributed by atoms with Gasteiger partial charge in [-0.15, -0.1) is 5.10 Å². The predicted octanol–water partition coefficient (Wildman–Crippen LogP) is 2.40. The lowest BCUT2D eigenvalue weighted by Crippen LogP contribution is -2.18. The van der Waals surface area contributed by atoms with E-state index in [0.717, 1.165) is 27.7 Å². The van der Waals surface area contributed by atoms with Gasteiger partial charge in [-0.1, -0.05) is 0 Å². The summed E-state index contributed by atoms with van der Waals surface area (Å²) in [6.07, 6.45) is 2.78. The number of carboxylic acids is 1. The summed E-state index contributed by atoms with van der Waals surface area (Å²) in [7, 11) is 2.79. The summed E-state index contributed by atoms with van der Waals surface area (Å²) in [6, 6.07) is 6.86. The molecule has 13 nitrogen and oxygen atoms in total. The fourth-order valence-corrected chi connectivity index (χ4v) is 4.02.